The summed E-state index contributed by atoms with van der Waals surface area (Å²) in [6.45, 7) is 1.95. The van der Waals surface area contributed by atoms with Crippen LogP contribution >= 0.6 is 11.8 Å². The Labute approximate surface area is 94.4 Å². The predicted octanol–water partition coefficient (Wildman–Crippen LogP) is 2.40. The Morgan fingerprint density at radius 3 is 3.13 bits per heavy atom. The molecule has 0 unspecified atom stereocenters. The molecule has 1 aromatic carbocycles. The number of rotatable bonds is 3. The third-order valence-corrected chi connectivity index (χ3v) is 4.40. The normalized spacial score (nSPS) is 19.2. The first-order chi connectivity index (χ1) is 7.42. The lowest BCUT2D eigenvalue weighted by Gasteiger charge is -2.24. The van der Waals surface area contributed by atoms with Gasteiger partial charge in [0.2, 0.25) is 0 Å². The van der Waals surface area contributed by atoms with Crippen LogP contribution in [0.1, 0.15) is 5.56 Å². The molecule has 2 aliphatic heterocycles. The van der Waals surface area contributed by atoms with E-state index in [4.69, 9.17) is 4.74 Å². The Morgan fingerprint density at radius 2 is 2.33 bits per heavy atom. The maximum absolute atomic E-state index is 5.78. The van der Waals surface area contributed by atoms with Crippen molar-refractivity contribution in [3.63, 3.8) is 0 Å². The van der Waals surface area contributed by atoms with Gasteiger partial charge < -0.3 is 10.1 Å². The second-order valence-corrected chi connectivity index (χ2v) is 5.29. The van der Waals surface area contributed by atoms with E-state index < -0.39 is 0 Å². The molecule has 0 aliphatic carbocycles. The quantitative estimate of drug-likeness (QED) is 0.847. The molecule has 1 N–H and O–H groups in total. The van der Waals surface area contributed by atoms with Crippen molar-refractivity contribution in [2.45, 2.75) is 6.42 Å². The summed E-state index contributed by atoms with van der Waals surface area (Å²) in [5.74, 6) is 4.32. The highest BCUT2D eigenvalue weighted by atomic mass is 32.2. The zero-order chi connectivity index (χ0) is 10.1. The van der Waals surface area contributed by atoms with Gasteiger partial charge in [0.15, 0.2) is 0 Å². The molecule has 0 aromatic heterocycles. The van der Waals surface area contributed by atoms with Crippen molar-refractivity contribution in [1.29, 1.82) is 0 Å². The molecular formula is C12H15NOS. The molecule has 0 bridgehead atoms. The number of fused-ring (bicyclic) bond motifs is 1. The second-order valence-electron chi connectivity index (χ2n) is 4.21. The van der Waals surface area contributed by atoms with Gasteiger partial charge in [0.05, 0.1) is 6.61 Å². The lowest BCUT2D eigenvalue weighted by molar-refractivity contribution is 0.270. The van der Waals surface area contributed by atoms with E-state index in [1.165, 1.54) is 22.8 Å². The molecule has 3 heteroatoms. The van der Waals surface area contributed by atoms with E-state index in [9.17, 15) is 0 Å². The van der Waals surface area contributed by atoms with E-state index in [0.717, 1.165) is 31.2 Å². The molecule has 1 fully saturated rings. The summed E-state index contributed by atoms with van der Waals surface area (Å²) in [5.41, 5.74) is 2.68. The second kappa shape index (κ2) is 3.97. The summed E-state index contributed by atoms with van der Waals surface area (Å²) in [6, 6.07) is 6.41. The van der Waals surface area contributed by atoms with E-state index in [0.29, 0.717) is 0 Å². The highest BCUT2D eigenvalue weighted by Crippen LogP contribution is 2.29. The van der Waals surface area contributed by atoms with Crippen molar-refractivity contribution < 1.29 is 4.74 Å². The van der Waals surface area contributed by atoms with Crippen molar-refractivity contribution >= 4 is 17.4 Å². The zero-order valence-electron chi connectivity index (χ0n) is 8.66. The Bertz CT molecular complexity index is 363. The summed E-state index contributed by atoms with van der Waals surface area (Å²) < 4.78 is 5.78. The molecule has 1 saturated heterocycles. The average Bonchev–Trinajstić information content (AvgIpc) is 2.62. The number of hydrogen-bond donors (Lipinski definition) is 1. The van der Waals surface area contributed by atoms with Crippen LogP contribution in [0.3, 0.4) is 0 Å². The van der Waals surface area contributed by atoms with Crippen LogP contribution in [0.25, 0.3) is 0 Å². The van der Waals surface area contributed by atoms with E-state index in [1.54, 1.807) is 0 Å². The lowest BCUT2D eigenvalue weighted by atomic mass is 10.1. The highest BCUT2D eigenvalue weighted by molar-refractivity contribution is 8.00. The largest absolute Gasteiger partial charge is 0.493 e. The van der Waals surface area contributed by atoms with Crippen LogP contribution in [-0.4, -0.2) is 24.7 Å². The molecule has 1 aromatic rings. The van der Waals surface area contributed by atoms with Crippen molar-refractivity contribution in [2.24, 2.45) is 5.92 Å². The minimum absolute atomic E-state index is 0.774. The van der Waals surface area contributed by atoms with Gasteiger partial charge in [-0.1, -0.05) is 6.07 Å². The van der Waals surface area contributed by atoms with E-state index in [2.05, 4.69) is 23.5 Å². The van der Waals surface area contributed by atoms with E-state index >= 15 is 0 Å². The summed E-state index contributed by atoms with van der Waals surface area (Å²) in [4.78, 5) is 0. The van der Waals surface area contributed by atoms with Crippen LogP contribution in [0.5, 0.6) is 5.75 Å². The summed E-state index contributed by atoms with van der Waals surface area (Å²) in [5, 5.41) is 3.37. The average molecular weight is 221 g/mol. The molecule has 2 aliphatic rings. The predicted molar refractivity (Wildman–Crippen MR) is 64.9 cm³/mol. The minimum Gasteiger partial charge on any atom is -0.493 e. The van der Waals surface area contributed by atoms with E-state index in [-0.39, 0.29) is 0 Å². The van der Waals surface area contributed by atoms with Crippen LogP contribution in [0.2, 0.25) is 0 Å². The van der Waals surface area contributed by atoms with Gasteiger partial charge in [0.1, 0.15) is 5.75 Å². The first-order valence-corrected chi connectivity index (χ1v) is 6.64. The Balaban J connectivity index is 1.64. The topological polar surface area (TPSA) is 21.3 Å². The number of nitrogens with one attached hydrogen (secondary N) is 1. The smallest absolute Gasteiger partial charge is 0.121 e. The number of anilines is 1. The Hall–Kier alpha value is -0.830. The molecule has 0 atom stereocenters. The molecule has 80 valence electrons. The maximum Gasteiger partial charge on any atom is 0.121 e. The van der Waals surface area contributed by atoms with E-state index in [1.807, 2.05) is 11.8 Å². The summed E-state index contributed by atoms with van der Waals surface area (Å²) in [6.07, 6.45) is 1.15. The molecule has 2 heterocycles. The SMILES string of the molecule is c1cc2c(cc1OCC1CSC1)NCC2. The van der Waals surface area contributed by atoms with Gasteiger partial charge in [-0.05, 0) is 18.1 Å². The number of benzene rings is 1. The Morgan fingerprint density at radius 1 is 1.40 bits per heavy atom. The van der Waals surface area contributed by atoms with Crippen LogP contribution < -0.4 is 10.1 Å². The molecule has 3 rings (SSSR count). The van der Waals surface area contributed by atoms with Gasteiger partial charge in [-0.3, -0.25) is 0 Å². The highest BCUT2D eigenvalue weighted by Gasteiger charge is 2.19. The fraction of sp³-hybridized carbons (Fsp3) is 0.500. The van der Waals surface area contributed by atoms with Crippen LogP contribution in [0.15, 0.2) is 18.2 Å². The first-order valence-electron chi connectivity index (χ1n) is 5.49. The van der Waals surface area contributed by atoms with Gasteiger partial charge in [-0.15, -0.1) is 0 Å². The molecule has 0 radical (unpaired) electrons. The standard InChI is InChI=1S/C12H15NOS/c1-2-11(14-6-9-7-15-8-9)5-12-10(1)3-4-13-12/h1-2,5,9,13H,3-4,6-8H2. The number of hydrogen-bond acceptors (Lipinski definition) is 3. The maximum atomic E-state index is 5.78. The fourth-order valence-electron chi connectivity index (χ4n) is 1.95. The van der Waals surface area contributed by atoms with Gasteiger partial charge in [0.25, 0.3) is 0 Å². The third-order valence-electron chi connectivity index (χ3n) is 2.98. The Kier molecular flexibility index (Phi) is 2.49. The third kappa shape index (κ3) is 1.93. The minimum atomic E-state index is 0.774. The van der Waals surface area contributed by atoms with Crippen LogP contribution in [0.4, 0.5) is 5.69 Å². The zero-order valence-corrected chi connectivity index (χ0v) is 9.48. The van der Waals surface area contributed by atoms with Crippen molar-refractivity contribution in [3.8, 4) is 5.75 Å². The van der Waals surface area contributed by atoms with Gasteiger partial charge in [-0.25, -0.2) is 0 Å². The van der Waals surface area contributed by atoms with Crippen molar-refractivity contribution in [3.05, 3.63) is 23.8 Å². The molecule has 0 saturated carbocycles. The van der Waals surface area contributed by atoms with Gasteiger partial charge >= 0.3 is 0 Å². The monoisotopic (exact) mass is 221 g/mol. The number of ether oxygens (including phenoxy) is 1. The fourth-order valence-corrected chi connectivity index (χ4v) is 2.72. The number of thioether (sulfide) groups is 1. The molecule has 15 heavy (non-hydrogen) atoms. The van der Waals surface area contributed by atoms with Crippen molar-refractivity contribution in [1.82, 2.24) is 0 Å². The molecular weight excluding hydrogens is 206 g/mol. The van der Waals surface area contributed by atoms with Crippen LogP contribution in [0, 0.1) is 5.92 Å². The van der Waals surface area contributed by atoms with Crippen molar-refractivity contribution in [2.75, 3.05) is 30.0 Å². The lowest BCUT2D eigenvalue weighted by Crippen LogP contribution is -2.25. The van der Waals surface area contributed by atoms with Gasteiger partial charge in [0, 0.05) is 35.7 Å². The van der Waals surface area contributed by atoms with Gasteiger partial charge in [-0.2, -0.15) is 11.8 Å². The van der Waals surface area contributed by atoms with Crippen LogP contribution in [-0.2, 0) is 6.42 Å². The first kappa shape index (κ1) is 9.40. The molecule has 0 amide bonds. The summed E-state index contributed by atoms with van der Waals surface area (Å²) in [7, 11) is 0. The summed E-state index contributed by atoms with van der Waals surface area (Å²) >= 11 is 2.01. The molecule has 0 spiro atoms. The molecule has 2 nitrogen and oxygen atoms in total.